The Hall–Kier alpha value is -1.31. The lowest BCUT2D eigenvalue weighted by molar-refractivity contribution is -0.165. The van der Waals surface area contributed by atoms with Crippen molar-refractivity contribution in [3.63, 3.8) is 0 Å². The molecule has 5 nitrogen and oxygen atoms in total. The summed E-state index contributed by atoms with van der Waals surface area (Å²) in [5, 5.41) is 8.54. The van der Waals surface area contributed by atoms with Gasteiger partial charge >= 0.3 is 12.1 Å². The number of nitrogens with zero attached hydrogens (tertiary/aromatic N) is 2. The van der Waals surface area contributed by atoms with Crippen molar-refractivity contribution in [1.82, 2.24) is 9.80 Å². The second kappa shape index (κ2) is 6.74. The van der Waals surface area contributed by atoms with Crippen LogP contribution in [0.15, 0.2) is 0 Å². The Morgan fingerprint density at radius 1 is 1.21 bits per heavy atom. The van der Waals surface area contributed by atoms with E-state index in [9.17, 15) is 22.8 Å². The maximum Gasteiger partial charge on any atom is 0.406 e. The van der Waals surface area contributed by atoms with Crippen LogP contribution in [0, 0.1) is 0 Å². The van der Waals surface area contributed by atoms with Gasteiger partial charge in [0.1, 0.15) is 13.1 Å². The number of amides is 1. The summed E-state index contributed by atoms with van der Waals surface area (Å²) < 4.78 is 36.8. The Balaban J connectivity index is 2.47. The van der Waals surface area contributed by atoms with E-state index in [2.05, 4.69) is 0 Å². The topological polar surface area (TPSA) is 60.9 Å². The molecule has 0 atom stereocenters. The van der Waals surface area contributed by atoms with Crippen molar-refractivity contribution in [2.75, 3.05) is 32.7 Å². The first-order chi connectivity index (χ1) is 8.78. The summed E-state index contributed by atoms with van der Waals surface area (Å²) in [6.07, 6.45) is -2.62. The molecule has 1 heterocycles. The fourth-order valence-corrected chi connectivity index (χ4v) is 2.03. The van der Waals surface area contributed by atoms with Crippen LogP contribution in [0.2, 0.25) is 0 Å². The number of hydrogen-bond acceptors (Lipinski definition) is 3. The minimum atomic E-state index is -4.58. The van der Waals surface area contributed by atoms with E-state index in [1.165, 1.54) is 0 Å². The Kier molecular flexibility index (Phi) is 5.59. The summed E-state index contributed by atoms with van der Waals surface area (Å²) in [6, 6.07) is 0. The lowest BCUT2D eigenvalue weighted by Crippen LogP contribution is -2.43. The van der Waals surface area contributed by atoms with Gasteiger partial charge in [-0.2, -0.15) is 13.2 Å². The summed E-state index contributed by atoms with van der Waals surface area (Å²) in [6.45, 7) is -0.375. The predicted molar refractivity (Wildman–Crippen MR) is 60.6 cm³/mol. The van der Waals surface area contributed by atoms with E-state index in [0.29, 0.717) is 11.4 Å². The number of alkyl halides is 3. The number of aliphatic carboxylic acids is 1. The molecule has 0 radical (unpaired) electrons. The van der Waals surface area contributed by atoms with E-state index >= 15 is 0 Å². The van der Waals surface area contributed by atoms with Gasteiger partial charge in [-0.3, -0.25) is 9.59 Å². The summed E-state index contributed by atoms with van der Waals surface area (Å²) >= 11 is 0. The van der Waals surface area contributed by atoms with Crippen LogP contribution in [0.5, 0.6) is 0 Å². The molecule has 0 aromatic carbocycles. The SMILES string of the molecule is O=C(O)CN(CC(F)(F)F)C(=O)CCN1CCCC1. The van der Waals surface area contributed by atoms with Crippen molar-refractivity contribution < 1.29 is 27.9 Å². The highest BCUT2D eigenvalue weighted by atomic mass is 19.4. The Morgan fingerprint density at radius 2 is 1.79 bits per heavy atom. The molecule has 1 rings (SSSR count). The monoisotopic (exact) mass is 282 g/mol. The van der Waals surface area contributed by atoms with Gasteiger partial charge in [0, 0.05) is 13.0 Å². The minimum Gasteiger partial charge on any atom is -0.480 e. The lowest BCUT2D eigenvalue weighted by atomic mass is 10.3. The molecule has 0 aromatic heterocycles. The van der Waals surface area contributed by atoms with E-state index in [1.807, 2.05) is 4.90 Å². The summed E-state index contributed by atoms with van der Waals surface area (Å²) in [5.41, 5.74) is 0. The van der Waals surface area contributed by atoms with E-state index in [0.717, 1.165) is 25.9 Å². The van der Waals surface area contributed by atoms with Crippen LogP contribution in [0.4, 0.5) is 13.2 Å². The molecule has 0 bridgehead atoms. The average Bonchev–Trinajstić information content (AvgIpc) is 2.75. The van der Waals surface area contributed by atoms with Crippen LogP contribution < -0.4 is 0 Å². The first-order valence-corrected chi connectivity index (χ1v) is 6.06. The highest BCUT2D eigenvalue weighted by Crippen LogP contribution is 2.17. The fourth-order valence-electron chi connectivity index (χ4n) is 2.03. The number of hydrogen-bond donors (Lipinski definition) is 1. The predicted octanol–water partition coefficient (Wildman–Crippen LogP) is 0.948. The van der Waals surface area contributed by atoms with Crippen LogP contribution in [-0.2, 0) is 9.59 Å². The highest BCUT2D eigenvalue weighted by molar-refractivity contribution is 5.81. The number of carboxylic acid groups (broad SMARTS) is 1. The number of carbonyl (C=O) groups is 2. The Labute approximate surface area is 109 Å². The molecule has 8 heteroatoms. The van der Waals surface area contributed by atoms with Gasteiger partial charge in [-0.25, -0.2) is 0 Å². The van der Waals surface area contributed by atoms with Gasteiger partial charge in [0.2, 0.25) is 5.91 Å². The molecule has 1 aliphatic rings. The number of rotatable bonds is 6. The van der Waals surface area contributed by atoms with Crippen molar-refractivity contribution in [3.05, 3.63) is 0 Å². The second-order valence-electron chi connectivity index (χ2n) is 4.56. The van der Waals surface area contributed by atoms with Crippen molar-refractivity contribution in [3.8, 4) is 0 Å². The first kappa shape index (κ1) is 15.7. The van der Waals surface area contributed by atoms with Gasteiger partial charge in [0.25, 0.3) is 0 Å². The zero-order valence-electron chi connectivity index (χ0n) is 10.4. The molecular weight excluding hydrogens is 265 g/mol. The third kappa shape index (κ3) is 6.42. The van der Waals surface area contributed by atoms with Crippen LogP contribution in [0.25, 0.3) is 0 Å². The molecule has 1 aliphatic heterocycles. The first-order valence-electron chi connectivity index (χ1n) is 6.06. The van der Waals surface area contributed by atoms with Crippen molar-refractivity contribution in [2.24, 2.45) is 0 Å². The number of carboxylic acids is 1. The lowest BCUT2D eigenvalue weighted by Gasteiger charge is -2.23. The van der Waals surface area contributed by atoms with Crippen molar-refractivity contribution in [1.29, 1.82) is 0 Å². The smallest absolute Gasteiger partial charge is 0.406 e. The van der Waals surface area contributed by atoms with Gasteiger partial charge in [-0.15, -0.1) is 0 Å². The second-order valence-corrected chi connectivity index (χ2v) is 4.56. The van der Waals surface area contributed by atoms with Crippen LogP contribution in [0.3, 0.4) is 0 Å². The average molecular weight is 282 g/mol. The van der Waals surface area contributed by atoms with E-state index in [-0.39, 0.29) is 6.42 Å². The van der Waals surface area contributed by atoms with Gasteiger partial charge in [-0.1, -0.05) is 0 Å². The molecular formula is C11H17F3N2O3. The van der Waals surface area contributed by atoms with E-state index in [1.54, 1.807) is 0 Å². The van der Waals surface area contributed by atoms with E-state index < -0.39 is 31.1 Å². The molecule has 1 amide bonds. The molecule has 0 aliphatic carbocycles. The van der Waals surface area contributed by atoms with Crippen LogP contribution in [0.1, 0.15) is 19.3 Å². The molecule has 0 saturated carbocycles. The maximum absolute atomic E-state index is 12.3. The van der Waals surface area contributed by atoms with Crippen molar-refractivity contribution in [2.45, 2.75) is 25.4 Å². The minimum absolute atomic E-state index is 0.0800. The molecule has 1 saturated heterocycles. The molecule has 110 valence electrons. The molecule has 0 aromatic rings. The zero-order chi connectivity index (χ0) is 14.5. The van der Waals surface area contributed by atoms with Crippen molar-refractivity contribution >= 4 is 11.9 Å². The number of likely N-dealkylation sites (tertiary alicyclic amines) is 1. The number of carbonyl (C=O) groups excluding carboxylic acids is 1. The summed E-state index contributed by atoms with van der Waals surface area (Å²) in [4.78, 5) is 24.5. The van der Waals surface area contributed by atoms with Gasteiger partial charge < -0.3 is 14.9 Å². The Bertz CT molecular complexity index is 328. The summed E-state index contributed by atoms with van der Waals surface area (Å²) in [7, 11) is 0. The van der Waals surface area contributed by atoms with Crippen LogP contribution in [-0.4, -0.2) is 65.7 Å². The largest absolute Gasteiger partial charge is 0.480 e. The Morgan fingerprint density at radius 3 is 2.26 bits per heavy atom. The zero-order valence-corrected chi connectivity index (χ0v) is 10.4. The molecule has 0 spiro atoms. The van der Waals surface area contributed by atoms with Gasteiger partial charge in [-0.05, 0) is 25.9 Å². The quantitative estimate of drug-likeness (QED) is 0.788. The molecule has 1 fully saturated rings. The normalized spacial score (nSPS) is 16.6. The highest BCUT2D eigenvalue weighted by Gasteiger charge is 2.33. The third-order valence-electron chi connectivity index (χ3n) is 2.89. The molecule has 0 unspecified atom stereocenters. The number of halogens is 3. The molecule has 1 N–H and O–H groups in total. The molecule has 19 heavy (non-hydrogen) atoms. The maximum atomic E-state index is 12.3. The van der Waals surface area contributed by atoms with E-state index in [4.69, 9.17) is 5.11 Å². The van der Waals surface area contributed by atoms with Crippen LogP contribution >= 0.6 is 0 Å². The summed E-state index contributed by atoms with van der Waals surface area (Å²) in [5.74, 6) is -2.22. The van der Waals surface area contributed by atoms with Gasteiger partial charge in [0.15, 0.2) is 0 Å². The van der Waals surface area contributed by atoms with Gasteiger partial charge in [0.05, 0.1) is 0 Å². The third-order valence-corrected chi connectivity index (χ3v) is 2.89. The standard InChI is InChI=1S/C11H17F3N2O3/c12-11(13,14)8-16(7-10(18)19)9(17)3-6-15-4-1-2-5-15/h1-8H2,(H,18,19). The fraction of sp³-hybridized carbons (Fsp3) is 0.818.